The molecule has 1 aliphatic rings. The van der Waals surface area contributed by atoms with E-state index >= 15 is 0 Å². The first-order valence-corrected chi connectivity index (χ1v) is 12.1. The molecule has 0 aliphatic carbocycles. The van der Waals surface area contributed by atoms with Crippen molar-refractivity contribution in [1.29, 1.82) is 0 Å². The molecule has 37 heavy (non-hydrogen) atoms. The minimum Gasteiger partial charge on any atom is -0.497 e. The van der Waals surface area contributed by atoms with Crippen molar-refractivity contribution in [2.45, 2.75) is 32.4 Å². The smallest absolute Gasteiger partial charge is 0.318 e. The van der Waals surface area contributed by atoms with Crippen LogP contribution in [0.5, 0.6) is 17.2 Å². The minimum atomic E-state index is -0.462. The van der Waals surface area contributed by atoms with Crippen molar-refractivity contribution < 1.29 is 28.5 Å². The van der Waals surface area contributed by atoms with Crippen molar-refractivity contribution in [2.24, 2.45) is 5.10 Å². The zero-order valence-electron chi connectivity index (χ0n) is 22.3. The van der Waals surface area contributed by atoms with E-state index in [1.807, 2.05) is 44.2 Å². The summed E-state index contributed by atoms with van der Waals surface area (Å²) in [6.45, 7) is 4.12. The lowest BCUT2D eigenvalue weighted by atomic mass is 9.97. The number of methoxy groups -OCH3 is 4. The van der Waals surface area contributed by atoms with Crippen LogP contribution in [0.1, 0.15) is 37.4 Å². The number of nitrogens with one attached hydrogen (secondary N) is 1. The van der Waals surface area contributed by atoms with E-state index in [-0.39, 0.29) is 31.1 Å². The van der Waals surface area contributed by atoms with Gasteiger partial charge in [-0.05, 0) is 44.2 Å². The maximum Gasteiger partial charge on any atom is 0.318 e. The average molecular weight is 513 g/mol. The Balaban J connectivity index is 1.99. The predicted octanol–water partition coefficient (Wildman–Crippen LogP) is 3.46. The molecule has 200 valence electrons. The summed E-state index contributed by atoms with van der Waals surface area (Å²) in [5.41, 5.74) is 2.32. The summed E-state index contributed by atoms with van der Waals surface area (Å²) in [4.78, 5) is 27.9. The molecule has 1 aliphatic heterocycles. The maximum atomic E-state index is 13.7. The third-order valence-corrected chi connectivity index (χ3v) is 5.96. The maximum absolute atomic E-state index is 13.7. The summed E-state index contributed by atoms with van der Waals surface area (Å²) in [6, 6.07) is 12.1. The monoisotopic (exact) mass is 512 g/mol. The lowest BCUT2D eigenvalue weighted by Gasteiger charge is -2.28. The molecule has 10 nitrogen and oxygen atoms in total. The third kappa shape index (κ3) is 6.91. The highest BCUT2D eigenvalue weighted by Gasteiger charge is 2.36. The van der Waals surface area contributed by atoms with Gasteiger partial charge in [0.25, 0.3) is 5.91 Å². The first-order valence-electron chi connectivity index (χ1n) is 12.1. The molecule has 0 saturated heterocycles. The Bertz CT molecular complexity index is 1120. The molecule has 0 spiro atoms. The fourth-order valence-corrected chi connectivity index (χ4v) is 4.09. The van der Waals surface area contributed by atoms with Gasteiger partial charge in [-0.15, -0.1) is 0 Å². The highest BCUT2D eigenvalue weighted by molar-refractivity contribution is 6.03. The lowest BCUT2D eigenvalue weighted by Crippen LogP contribution is -2.48. The van der Waals surface area contributed by atoms with Crippen LogP contribution in [0.25, 0.3) is 0 Å². The summed E-state index contributed by atoms with van der Waals surface area (Å²) in [5.74, 6) is 1.61. The number of hydrogen-bond acceptors (Lipinski definition) is 7. The largest absolute Gasteiger partial charge is 0.497 e. The van der Waals surface area contributed by atoms with Crippen LogP contribution in [0, 0.1) is 0 Å². The number of nitrogens with zero attached hydrogens (tertiary/aromatic N) is 3. The Hall–Kier alpha value is -3.79. The van der Waals surface area contributed by atoms with Crippen LogP contribution in [0.2, 0.25) is 0 Å². The molecular weight excluding hydrogens is 476 g/mol. The number of carbonyl (C=O) groups excluding carboxylic acids is 2. The molecule has 0 aromatic heterocycles. The predicted molar refractivity (Wildman–Crippen MR) is 140 cm³/mol. The summed E-state index contributed by atoms with van der Waals surface area (Å²) >= 11 is 0. The molecule has 1 unspecified atom stereocenters. The molecular formula is C27H36N4O6. The summed E-state index contributed by atoms with van der Waals surface area (Å²) in [6.07, 6.45) is 0.443. The van der Waals surface area contributed by atoms with E-state index in [0.29, 0.717) is 30.3 Å². The van der Waals surface area contributed by atoms with E-state index in [9.17, 15) is 9.59 Å². The topological polar surface area (TPSA) is 102 Å². The zero-order chi connectivity index (χ0) is 26.9. The minimum absolute atomic E-state index is 0.0779. The van der Waals surface area contributed by atoms with Gasteiger partial charge in [-0.3, -0.25) is 4.79 Å². The van der Waals surface area contributed by atoms with Gasteiger partial charge in [0, 0.05) is 37.2 Å². The molecule has 0 fully saturated rings. The second kappa shape index (κ2) is 13.0. The Morgan fingerprint density at radius 3 is 2.43 bits per heavy atom. The summed E-state index contributed by atoms with van der Waals surface area (Å²) in [5, 5.41) is 9.02. The molecule has 2 aromatic rings. The van der Waals surface area contributed by atoms with Crippen LogP contribution in [-0.2, 0) is 9.53 Å². The van der Waals surface area contributed by atoms with Crippen LogP contribution >= 0.6 is 0 Å². The van der Waals surface area contributed by atoms with E-state index < -0.39 is 6.04 Å². The van der Waals surface area contributed by atoms with Gasteiger partial charge >= 0.3 is 6.03 Å². The van der Waals surface area contributed by atoms with Gasteiger partial charge < -0.3 is 29.2 Å². The first kappa shape index (κ1) is 27.8. The fourth-order valence-electron chi connectivity index (χ4n) is 4.09. The van der Waals surface area contributed by atoms with Crippen molar-refractivity contribution in [3.05, 3.63) is 53.6 Å². The molecule has 1 N–H and O–H groups in total. The van der Waals surface area contributed by atoms with Crippen molar-refractivity contribution in [3.8, 4) is 17.2 Å². The molecule has 0 bridgehead atoms. The first-order chi connectivity index (χ1) is 17.8. The van der Waals surface area contributed by atoms with Gasteiger partial charge in [-0.25, -0.2) is 9.80 Å². The molecule has 2 aromatic carbocycles. The molecule has 1 heterocycles. The second-order valence-corrected chi connectivity index (χ2v) is 8.86. The number of hydrazone groups is 1. The third-order valence-electron chi connectivity index (χ3n) is 5.96. The number of amides is 3. The van der Waals surface area contributed by atoms with Crippen LogP contribution in [0.15, 0.2) is 47.6 Å². The van der Waals surface area contributed by atoms with Crippen molar-refractivity contribution in [1.82, 2.24) is 15.2 Å². The Kier molecular flexibility index (Phi) is 9.73. The van der Waals surface area contributed by atoms with Crippen molar-refractivity contribution in [2.75, 3.05) is 48.1 Å². The zero-order valence-corrected chi connectivity index (χ0v) is 22.3. The van der Waals surface area contributed by atoms with E-state index in [4.69, 9.17) is 24.0 Å². The van der Waals surface area contributed by atoms with Gasteiger partial charge in [0.15, 0.2) is 0 Å². The SMILES string of the molecule is COCCN(CC(=O)N1N=C(c2cccc(OC)c2)CC1c1cc(OC)ccc1OC)C(=O)NC(C)C. The molecule has 10 heteroatoms. The Labute approximate surface area is 218 Å². The number of urea groups is 1. The van der Waals surface area contributed by atoms with E-state index in [1.54, 1.807) is 40.6 Å². The van der Waals surface area contributed by atoms with Crippen molar-refractivity contribution >= 4 is 17.6 Å². The molecule has 3 rings (SSSR count). The number of carbonyl (C=O) groups is 2. The summed E-state index contributed by atoms with van der Waals surface area (Å²) in [7, 11) is 6.32. The number of benzene rings is 2. The molecule has 0 radical (unpaired) electrons. The normalized spacial score (nSPS) is 14.8. The Morgan fingerprint density at radius 1 is 1.05 bits per heavy atom. The summed E-state index contributed by atoms with van der Waals surface area (Å²) < 4.78 is 21.6. The number of hydrogen-bond donors (Lipinski definition) is 1. The van der Waals surface area contributed by atoms with Crippen LogP contribution in [0.3, 0.4) is 0 Å². The lowest BCUT2D eigenvalue weighted by molar-refractivity contribution is -0.133. The highest BCUT2D eigenvalue weighted by Crippen LogP contribution is 2.39. The van der Waals surface area contributed by atoms with E-state index in [0.717, 1.165) is 16.8 Å². The van der Waals surface area contributed by atoms with Gasteiger partial charge in [-0.1, -0.05) is 12.1 Å². The van der Waals surface area contributed by atoms with Crippen molar-refractivity contribution in [3.63, 3.8) is 0 Å². The second-order valence-electron chi connectivity index (χ2n) is 8.86. The van der Waals surface area contributed by atoms with E-state index in [2.05, 4.69) is 5.32 Å². The van der Waals surface area contributed by atoms with Gasteiger partial charge in [0.2, 0.25) is 0 Å². The van der Waals surface area contributed by atoms with Crippen LogP contribution in [0.4, 0.5) is 4.79 Å². The molecule has 1 atom stereocenters. The fraction of sp³-hybridized carbons (Fsp3) is 0.444. The van der Waals surface area contributed by atoms with Gasteiger partial charge in [0.1, 0.15) is 23.8 Å². The standard InChI is InChI=1S/C27H36N4O6/c1-18(2)28-27(33)30(12-13-34-3)17-26(32)31-24(22-15-21(36-5)10-11-25(22)37-6)16-23(29-31)19-8-7-9-20(14-19)35-4/h7-11,14-15,18,24H,12-13,16-17H2,1-6H3,(H,28,33). The van der Waals surface area contributed by atoms with Crippen LogP contribution < -0.4 is 19.5 Å². The van der Waals surface area contributed by atoms with E-state index in [1.165, 1.54) is 9.91 Å². The van der Waals surface area contributed by atoms with Gasteiger partial charge in [0.05, 0.1) is 39.7 Å². The average Bonchev–Trinajstić information content (AvgIpc) is 3.35. The quantitative estimate of drug-likeness (QED) is 0.495. The number of ether oxygens (including phenoxy) is 4. The van der Waals surface area contributed by atoms with Gasteiger partial charge in [-0.2, -0.15) is 5.10 Å². The number of rotatable bonds is 11. The molecule has 0 saturated carbocycles. The Morgan fingerprint density at radius 2 is 1.78 bits per heavy atom. The van der Waals surface area contributed by atoms with Crippen LogP contribution in [-0.4, -0.2) is 81.7 Å². The highest BCUT2D eigenvalue weighted by atomic mass is 16.5. The molecule has 3 amide bonds.